The summed E-state index contributed by atoms with van der Waals surface area (Å²) < 4.78 is 20.1. The molecule has 0 spiro atoms. The maximum atomic E-state index is 13.3. The predicted octanol–water partition coefficient (Wildman–Crippen LogP) is 2.76. The summed E-state index contributed by atoms with van der Waals surface area (Å²) in [6.07, 6.45) is 4.84. The van der Waals surface area contributed by atoms with E-state index in [4.69, 9.17) is 14.2 Å². The van der Waals surface area contributed by atoms with Gasteiger partial charge in [0.25, 0.3) is 5.91 Å². The quantitative estimate of drug-likeness (QED) is 0.390. The number of benzene rings is 1. The molecule has 5 rings (SSSR count). The number of carbonyl (C=O) groups is 1. The average molecular weight is 490 g/mol. The zero-order valence-electron chi connectivity index (χ0n) is 20.4. The third-order valence-corrected chi connectivity index (χ3v) is 6.16. The van der Waals surface area contributed by atoms with Crippen molar-refractivity contribution >= 4 is 5.91 Å². The number of carbonyl (C=O) groups excluding carboxylic acids is 1. The number of amides is 1. The van der Waals surface area contributed by atoms with Gasteiger partial charge in [-0.25, -0.2) is 4.68 Å². The van der Waals surface area contributed by atoms with Gasteiger partial charge in [0, 0.05) is 57.0 Å². The van der Waals surface area contributed by atoms with Gasteiger partial charge >= 0.3 is 0 Å². The second-order valence-electron chi connectivity index (χ2n) is 8.39. The number of ether oxygens (including phenoxy) is 3. The number of piperidine rings is 1. The van der Waals surface area contributed by atoms with Crippen molar-refractivity contribution in [1.82, 2.24) is 34.7 Å². The Labute approximate surface area is 208 Å². The molecule has 4 heterocycles. The lowest BCUT2D eigenvalue weighted by Crippen LogP contribution is -2.42. The fraction of sp³-hybridized carbons (Fsp3) is 0.320. The Morgan fingerprint density at radius 1 is 1.03 bits per heavy atom. The van der Waals surface area contributed by atoms with E-state index in [0.717, 1.165) is 5.56 Å². The molecular weight excluding hydrogens is 462 g/mol. The molecule has 1 aromatic carbocycles. The minimum atomic E-state index is -0.0695. The summed E-state index contributed by atoms with van der Waals surface area (Å²) in [5.41, 5.74) is 1.92. The highest BCUT2D eigenvalue weighted by atomic mass is 16.5. The normalized spacial score (nSPS) is 14.0. The molecule has 0 bridgehead atoms. The molecule has 0 N–H and O–H groups in total. The van der Waals surface area contributed by atoms with Crippen LogP contribution in [-0.4, -0.2) is 74.0 Å². The smallest absolute Gasteiger partial charge is 0.272 e. The highest BCUT2D eigenvalue weighted by Crippen LogP contribution is 2.33. The first kappa shape index (κ1) is 23.3. The maximum Gasteiger partial charge on any atom is 0.272 e. The molecule has 1 saturated heterocycles. The summed E-state index contributed by atoms with van der Waals surface area (Å²) >= 11 is 0. The van der Waals surface area contributed by atoms with Gasteiger partial charge in [0.05, 0.1) is 19.9 Å². The third kappa shape index (κ3) is 4.72. The molecule has 0 saturated carbocycles. The van der Waals surface area contributed by atoms with E-state index in [0.29, 0.717) is 60.5 Å². The van der Waals surface area contributed by atoms with Crippen molar-refractivity contribution in [1.29, 1.82) is 0 Å². The van der Waals surface area contributed by atoms with Gasteiger partial charge in [-0.2, -0.15) is 10.2 Å². The maximum absolute atomic E-state index is 13.3. The number of rotatable bonds is 7. The lowest BCUT2D eigenvalue weighted by molar-refractivity contribution is 0.0576. The molecule has 1 fully saturated rings. The van der Waals surface area contributed by atoms with Crippen molar-refractivity contribution < 1.29 is 19.0 Å². The zero-order chi connectivity index (χ0) is 25.1. The molecule has 1 amide bonds. The highest BCUT2D eigenvalue weighted by Gasteiger charge is 2.27. The van der Waals surface area contributed by atoms with Gasteiger partial charge in [0.1, 0.15) is 23.3 Å². The van der Waals surface area contributed by atoms with Crippen LogP contribution in [0, 0.1) is 0 Å². The minimum Gasteiger partial charge on any atom is -0.497 e. The summed E-state index contributed by atoms with van der Waals surface area (Å²) in [4.78, 5) is 15.1. The van der Waals surface area contributed by atoms with Crippen molar-refractivity contribution in [3.63, 3.8) is 0 Å². The monoisotopic (exact) mass is 489 g/mol. The Morgan fingerprint density at radius 2 is 1.86 bits per heavy atom. The molecule has 0 radical (unpaired) electrons. The standard InChI is InChI=1S/C25H27N7O4/c1-30-21(16-20(29-30)19-15-18(34-2)5-6-22(19)35-3)25(33)31-13-9-17(10-14-31)36-24-8-7-23(27-28-24)32-12-4-11-26-32/h4-8,11-12,15-17H,9-10,13-14H2,1-3H3. The molecule has 1 aliphatic heterocycles. The Morgan fingerprint density at radius 3 is 2.53 bits per heavy atom. The molecule has 0 unspecified atom stereocenters. The average Bonchev–Trinajstić information content (AvgIpc) is 3.59. The fourth-order valence-corrected chi connectivity index (χ4v) is 4.23. The Balaban J connectivity index is 1.22. The van der Waals surface area contributed by atoms with Gasteiger partial charge in [0.15, 0.2) is 5.82 Å². The second kappa shape index (κ2) is 10.1. The molecule has 0 atom stereocenters. The minimum absolute atomic E-state index is 0.0398. The molecule has 186 valence electrons. The molecule has 1 aliphatic rings. The summed E-state index contributed by atoms with van der Waals surface area (Å²) in [6.45, 7) is 1.15. The fourth-order valence-electron chi connectivity index (χ4n) is 4.23. The first-order chi connectivity index (χ1) is 17.6. The van der Waals surface area contributed by atoms with Crippen LogP contribution in [0.4, 0.5) is 0 Å². The molecule has 11 nitrogen and oxygen atoms in total. The molecule has 0 aliphatic carbocycles. The van der Waals surface area contributed by atoms with Crippen molar-refractivity contribution in [3.05, 3.63) is 60.6 Å². The zero-order valence-corrected chi connectivity index (χ0v) is 20.4. The van der Waals surface area contributed by atoms with Crippen LogP contribution in [0.1, 0.15) is 23.3 Å². The van der Waals surface area contributed by atoms with Crippen molar-refractivity contribution in [2.45, 2.75) is 18.9 Å². The molecule has 11 heteroatoms. The summed E-state index contributed by atoms with van der Waals surface area (Å²) in [5.74, 6) is 2.35. The Kier molecular flexibility index (Phi) is 6.52. The largest absolute Gasteiger partial charge is 0.497 e. The van der Waals surface area contributed by atoms with Crippen LogP contribution in [0.15, 0.2) is 54.9 Å². The Hall–Kier alpha value is -4.41. The number of aryl methyl sites for hydroxylation is 1. The molecular formula is C25H27N7O4. The second-order valence-corrected chi connectivity index (χ2v) is 8.39. The summed E-state index contributed by atoms with van der Waals surface area (Å²) in [7, 11) is 4.98. The molecule has 36 heavy (non-hydrogen) atoms. The first-order valence-corrected chi connectivity index (χ1v) is 11.6. The van der Waals surface area contributed by atoms with Crippen molar-refractivity contribution in [2.75, 3.05) is 27.3 Å². The van der Waals surface area contributed by atoms with E-state index in [-0.39, 0.29) is 12.0 Å². The van der Waals surface area contributed by atoms with Crippen LogP contribution in [0.5, 0.6) is 17.4 Å². The number of hydrogen-bond donors (Lipinski definition) is 0. The van der Waals surface area contributed by atoms with Crippen LogP contribution in [0.2, 0.25) is 0 Å². The van der Waals surface area contributed by atoms with Gasteiger partial charge < -0.3 is 19.1 Å². The highest BCUT2D eigenvalue weighted by molar-refractivity contribution is 5.94. The van der Waals surface area contributed by atoms with E-state index in [9.17, 15) is 4.79 Å². The van der Waals surface area contributed by atoms with E-state index in [1.807, 2.05) is 35.2 Å². The topological polar surface area (TPSA) is 109 Å². The van der Waals surface area contributed by atoms with Crippen LogP contribution >= 0.6 is 0 Å². The van der Waals surface area contributed by atoms with Crippen molar-refractivity contribution in [3.8, 4) is 34.5 Å². The van der Waals surface area contributed by atoms with Crippen LogP contribution in [-0.2, 0) is 7.05 Å². The number of likely N-dealkylation sites (tertiary alicyclic amines) is 1. The van der Waals surface area contributed by atoms with Crippen LogP contribution < -0.4 is 14.2 Å². The lowest BCUT2D eigenvalue weighted by Gasteiger charge is -2.31. The van der Waals surface area contributed by atoms with Gasteiger partial charge in [-0.05, 0) is 36.4 Å². The SMILES string of the molecule is COc1ccc(OC)c(-c2cc(C(=O)N3CCC(Oc4ccc(-n5cccn5)nn4)CC3)n(C)n2)c1. The summed E-state index contributed by atoms with van der Waals surface area (Å²) in [6, 6.07) is 12.7. The number of aromatic nitrogens is 6. The third-order valence-electron chi connectivity index (χ3n) is 6.16. The number of hydrogen-bond acceptors (Lipinski definition) is 8. The van der Waals surface area contributed by atoms with E-state index in [2.05, 4.69) is 20.4 Å². The van der Waals surface area contributed by atoms with E-state index in [1.165, 1.54) is 0 Å². The first-order valence-electron chi connectivity index (χ1n) is 11.6. The lowest BCUT2D eigenvalue weighted by atomic mass is 10.1. The van der Waals surface area contributed by atoms with Crippen LogP contribution in [0.3, 0.4) is 0 Å². The molecule has 3 aromatic heterocycles. The van der Waals surface area contributed by atoms with Gasteiger partial charge in [-0.3, -0.25) is 9.48 Å². The summed E-state index contributed by atoms with van der Waals surface area (Å²) in [5, 5.41) is 17.0. The van der Waals surface area contributed by atoms with E-state index >= 15 is 0 Å². The molecule has 4 aromatic rings. The van der Waals surface area contributed by atoms with E-state index in [1.54, 1.807) is 55.2 Å². The van der Waals surface area contributed by atoms with E-state index < -0.39 is 0 Å². The van der Waals surface area contributed by atoms with Gasteiger partial charge in [-0.1, -0.05) is 0 Å². The predicted molar refractivity (Wildman–Crippen MR) is 130 cm³/mol. The van der Waals surface area contributed by atoms with Gasteiger partial charge in [-0.15, -0.1) is 10.2 Å². The number of nitrogens with zero attached hydrogens (tertiary/aromatic N) is 7. The number of methoxy groups -OCH3 is 2. The van der Waals surface area contributed by atoms with Gasteiger partial charge in [0.2, 0.25) is 5.88 Å². The van der Waals surface area contributed by atoms with Crippen LogP contribution in [0.25, 0.3) is 17.1 Å². The Bertz CT molecular complexity index is 1330. The van der Waals surface area contributed by atoms with Crippen molar-refractivity contribution in [2.24, 2.45) is 7.05 Å².